The van der Waals surface area contributed by atoms with E-state index in [0.717, 1.165) is 16.8 Å². The minimum Gasteiger partial charge on any atom is -0.374 e. The first kappa shape index (κ1) is 16.7. The molecular weight excluding hydrogens is 302 g/mol. The van der Waals surface area contributed by atoms with Gasteiger partial charge in [0.05, 0.1) is 12.7 Å². The van der Waals surface area contributed by atoms with E-state index in [1.807, 2.05) is 55.9 Å². The van der Waals surface area contributed by atoms with Gasteiger partial charge in [-0.2, -0.15) is 5.10 Å². The molecule has 0 aliphatic heterocycles. The van der Waals surface area contributed by atoms with Crippen LogP contribution in [0.25, 0.3) is 0 Å². The Kier molecular flexibility index (Phi) is 5.00. The predicted molar refractivity (Wildman–Crippen MR) is 92.7 cm³/mol. The summed E-state index contributed by atoms with van der Waals surface area (Å²) in [6.07, 6.45) is 2.58. The number of nitrogens with one attached hydrogen (secondary N) is 1. The maximum Gasteiger partial charge on any atom is 0.272 e. The summed E-state index contributed by atoms with van der Waals surface area (Å²) in [6, 6.07) is 9.95. The van der Waals surface area contributed by atoms with Gasteiger partial charge in [0.15, 0.2) is 0 Å². The fraction of sp³-hybridized carbons (Fsp3) is 0.474. The number of aromatic nitrogens is 2. The van der Waals surface area contributed by atoms with Crippen molar-refractivity contribution in [1.82, 2.24) is 15.1 Å². The molecule has 1 heterocycles. The van der Waals surface area contributed by atoms with E-state index in [1.54, 1.807) is 0 Å². The zero-order valence-corrected chi connectivity index (χ0v) is 14.6. The minimum atomic E-state index is -0.128. The predicted octanol–water partition coefficient (Wildman–Crippen LogP) is 3.15. The van der Waals surface area contributed by atoms with Gasteiger partial charge in [0.1, 0.15) is 5.69 Å². The molecule has 5 heteroatoms. The molecule has 3 rings (SSSR count). The number of carbonyl (C=O) groups is 1. The number of benzene rings is 1. The van der Waals surface area contributed by atoms with Crippen LogP contribution in [-0.4, -0.2) is 21.8 Å². The van der Waals surface area contributed by atoms with Crippen molar-refractivity contribution in [2.24, 2.45) is 7.05 Å². The van der Waals surface area contributed by atoms with Crippen LogP contribution in [0.1, 0.15) is 59.9 Å². The summed E-state index contributed by atoms with van der Waals surface area (Å²) < 4.78 is 7.51. The maximum absolute atomic E-state index is 12.4. The highest BCUT2D eigenvalue weighted by molar-refractivity contribution is 5.92. The average Bonchev–Trinajstić information content (AvgIpc) is 3.33. The summed E-state index contributed by atoms with van der Waals surface area (Å²) >= 11 is 0. The molecule has 0 radical (unpaired) electrons. The molecule has 5 nitrogen and oxygen atoms in total. The molecule has 2 aromatic rings. The van der Waals surface area contributed by atoms with E-state index < -0.39 is 0 Å². The summed E-state index contributed by atoms with van der Waals surface area (Å²) in [4.78, 5) is 12.4. The fourth-order valence-corrected chi connectivity index (χ4v) is 2.75. The first-order valence-electron chi connectivity index (χ1n) is 8.55. The Morgan fingerprint density at radius 3 is 2.71 bits per heavy atom. The number of carbonyl (C=O) groups excluding carboxylic acids is 1. The topological polar surface area (TPSA) is 56.1 Å². The summed E-state index contributed by atoms with van der Waals surface area (Å²) in [6.45, 7) is 5.07. The van der Waals surface area contributed by atoms with Gasteiger partial charge in [-0.15, -0.1) is 0 Å². The van der Waals surface area contributed by atoms with Crippen LogP contribution < -0.4 is 5.32 Å². The van der Waals surface area contributed by atoms with Crippen LogP contribution in [0.4, 0.5) is 0 Å². The maximum atomic E-state index is 12.4. The first-order chi connectivity index (χ1) is 11.5. The van der Waals surface area contributed by atoms with Crippen molar-refractivity contribution in [2.45, 2.75) is 51.9 Å². The minimum absolute atomic E-state index is 0.128. The van der Waals surface area contributed by atoms with Crippen LogP contribution in [0.5, 0.6) is 0 Å². The van der Waals surface area contributed by atoms with Crippen molar-refractivity contribution >= 4 is 5.91 Å². The largest absolute Gasteiger partial charge is 0.374 e. The molecule has 1 fully saturated rings. The van der Waals surface area contributed by atoms with Crippen molar-refractivity contribution in [3.8, 4) is 0 Å². The van der Waals surface area contributed by atoms with Gasteiger partial charge in [0.25, 0.3) is 5.91 Å². The molecule has 1 aromatic carbocycles. The van der Waals surface area contributed by atoms with Gasteiger partial charge >= 0.3 is 0 Å². The molecule has 24 heavy (non-hydrogen) atoms. The lowest BCUT2D eigenvalue weighted by Crippen LogP contribution is -2.24. The number of ether oxygens (including phenoxy) is 1. The van der Waals surface area contributed by atoms with E-state index in [-0.39, 0.29) is 12.0 Å². The van der Waals surface area contributed by atoms with Gasteiger partial charge in [0.2, 0.25) is 0 Å². The Hall–Kier alpha value is -2.14. The lowest BCUT2D eigenvalue weighted by molar-refractivity contribution is 0.0651. The quantitative estimate of drug-likeness (QED) is 0.850. The van der Waals surface area contributed by atoms with E-state index in [9.17, 15) is 4.79 Å². The molecule has 1 aromatic heterocycles. The SMILES string of the molecule is CC(C)OCc1ccccc1CNC(=O)c1cc(C2CC2)n(C)n1. The van der Waals surface area contributed by atoms with Gasteiger partial charge in [-0.25, -0.2) is 0 Å². The average molecular weight is 327 g/mol. The van der Waals surface area contributed by atoms with Crippen LogP contribution in [-0.2, 0) is 24.9 Å². The van der Waals surface area contributed by atoms with Crippen LogP contribution in [0.2, 0.25) is 0 Å². The number of hydrogen-bond acceptors (Lipinski definition) is 3. The Morgan fingerprint density at radius 2 is 2.04 bits per heavy atom. The smallest absolute Gasteiger partial charge is 0.272 e. The highest BCUT2D eigenvalue weighted by atomic mass is 16.5. The summed E-state index contributed by atoms with van der Waals surface area (Å²) in [5, 5.41) is 7.32. The van der Waals surface area contributed by atoms with Gasteiger partial charge < -0.3 is 10.1 Å². The Morgan fingerprint density at radius 1 is 1.33 bits per heavy atom. The molecular formula is C19H25N3O2. The third-order valence-electron chi connectivity index (χ3n) is 4.27. The lowest BCUT2D eigenvalue weighted by atomic mass is 10.1. The summed E-state index contributed by atoms with van der Waals surface area (Å²) in [5.74, 6) is 0.454. The molecule has 1 N–H and O–H groups in total. The fourth-order valence-electron chi connectivity index (χ4n) is 2.75. The molecule has 0 atom stereocenters. The third kappa shape index (κ3) is 4.03. The van der Waals surface area contributed by atoms with Crippen molar-refractivity contribution < 1.29 is 9.53 Å². The molecule has 128 valence electrons. The van der Waals surface area contributed by atoms with Crippen molar-refractivity contribution in [2.75, 3.05) is 0 Å². The van der Waals surface area contributed by atoms with Crippen LogP contribution in [0.15, 0.2) is 30.3 Å². The number of amides is 1. The van der Waals surface area contributed by atoms with Gasteiger partial charge in [-0.3, -0.25) is 9.48 Å². The number of nitrogens with zero attached hydrogens (tertiary/aromatic N) is 2. The second-order valence-electron chi connectivity index (χ2n) is 6.66. The zero-order valence-electron chi connectivity index (χ0n) is 14.6. The molecule has 1 amide bonds. The monoisotopic (exact) mass is 327 g/mol. The molecule has 1 aliphatic carbocycles. The van der Waals surface area contributed by atoms with Gasteiger partial charge in [-0.1, -0.05) is 24.3 Å². The van der Waals surface area contributed by atoms with Crippen molar-refractivity contribution in [3.63, 3.8) is 0 Å². The van der Waals surface area contributed by atoms with E-state index in [4.69, 9.17) is 4.74 Å². The van der Waals surface area contributed by atoms with E-state index >= 15 is 0 Å². The second-order valence-corrected chi connectivity index (χ2v) is 6.66. The van der Waals surface area contributed by atoms with Gasteiger partial charge in [0, 0.05) is 25.2 Å². The Labute approximate surface area is 143 Å². The zero-order chi connectivity index (χ0) is 17.1. The van der Waals surface area contributed by atoms with E-state index in [1.165, 1.54) is 12.8 Å². The highest BCUT2D eigenvalue weighted by Crippen LogP contribution is 2.39. The summed E-state index contributed by atoms with van der Waals surface area (Å²) in [7, 11) is 1.91. The number of aryl methyl sites for hydroxylation is 1. The van der Waals surface area contributed by atoms with Crippen LogP contribution in [0.3, 0.4) is 0 Å². The Bertz CT molecular complexity index is 717. The molecule has 0 spiro atoms. The third-order valence-corrected chi connectivity index (χ3v) is 4.27. The van der Waals surface area contributed by atoms with Gasteiger partial charge in [-0.05, 0) is 43.9 Å². The molecule has 1 saturated carbocycles. The molecule has 0 unspecified atom stereocenters. The molecule has 0 bridgehead atoms. The lowest BCUT2D eigenvalue weighted by Gasteiger charge is -2.12. The highest BCUT2D eigenvalue weighted by Gasteiger charge is 2.28. The second kappa shape index (κ2) is 7.18. The number of hydrogen-bond donors (Lipinski definition) is 1. The van der Waals surface area contributed by atoms with Crippen molar-refractivity contribution in [1.29, 1.82) is 0 Å². The summed E-state index contributed by atoms with van der Waals surface area (Å²) in [5.41, 5.74) is 3.83. The molecule has 1 aliphatic rings. The van der Waals surface area contributed by atoms with Crippen LogP contribution in [0, 0.1) is 0 Å². The van der Waals surface area contributed by atoms with Crippen LogP contribution >= 0.6 is 0 Å². The number of rotatable bonds is 7. The Balaban J connectivity index is 1.63. The van der Waals surface area contributed by atoms with Crippen molar-refractivity contribution in [3.05, 3.63) is 52.8 Å². The van der Waals surface area contributed by atoms with E-state index in [2.05, 4.69) is 10.4 Å². The molecule has 0 saturated heterocycles. The first-order valence-corrected chi connectivity index (χ1v) is 8.55. The normalized spacial score (nSPS) is 14.2. The van der Waals surface area contributed by atoms with E-state index in [0.29, 0.717) is 24.8 Å². The standard InChI is InChI=1S/C19H25N3O2/c1-13(2)24-12-16-7-5-4-6-15(16)11-20-19(23)17-10-18(14-8-9-14)22(3)21-17/h4-7,10,13-14H,8-9,11-12H2,1-3H3,(H,20,23).